The van der Waals surface area contributed by atoms with Gasteiger partial charge >= 0.3 is 0 Å². The van der Waals surface area contributed by atoms with Gasteiger partial charge in [-0.05, 0) is 31.5 Å². The summed E-state index contributed by atoms with van der Waals surface area (Å²) in [6, 6.07) is 3.30. The number of nitrogens with zero attached hydrogens (tertiary/aromatic N) is 3. The highest BCUT2D eigenvalue weighted by atomic mass is 28.3. The normalized spacial score (nSPS) is 12.2. The molecular weight excluding hydrogens is 316 g/mol. The topological polar surface area (TPSA) is 55.7 Å². The zero-order chi connectivity index (χ0) is 17.3. The summed E-state index contributed by atoms with van der Waals surface area (Å²) in [6.07, 6.45) is 5.88. The lowest BCUT2D eigenvalue weighted by Gasteiger charge is -2.15. The van der Waals surface area contributed by atoms with E-state index in [1.54, 1.807) is 0 Å². The molecule has 0 radical (unpaired) electrons. The summed E-state index contributed by atoms with van der Waals surface area (Å²) in [6.45, 7) is 12.6. The molecule has 128 valence electrons. The minimum atomic E-state index is -1.05. The van der Waals surface area contributed by atoms with Crippen LogP contribution in [0.5, 0.6) is 0 Å². The van der Waals surface area contributed by atoms with E-state index in [9.17, 15) is 0 Å². The summed E-state index contributed by atoms with van der Waals surface area (Å²) in [5.74, 6) is 0. The molecule has 0 fully saturated rings. The lowest BCUT2D eigenvalue weighted by Crippen LogP contribution is -2.22. The Labute approximate surface area is 144 Å². The number of aryl methyl sites for hydroxylation is 2. The summed E-state index contributed by atoms with van der Waals surface area (Å²) in [5, 5.41) is 8.33. The third-order valence-electron chi connectivity index (χ3n) is 4.30. The predicted molar refractivity (Wildman–Crippen MR) is 101 cm³/mol. The van der Waals surface area contributed by atoms with Crippen LogP contribution in [-0.4, -0.2) is 34.4 Å². The number of aromatic amines is 1. The summed E-state index contributed by atoms with van der Waals surface area (Å²) in [4.78, 5) is 4.63. The molecule has 0 unspecified atom stereocenters. The van der Waals surface area contributed by atoms with E-state index >= 15 is 0 Å². The first-order valence-electron chi connectivity index (χ1n) is 8.39. The van der Waals surface area contributed by atoms with Crippen LogP contribution < -0.4 is 0 Å². The van der Waals surface area contributed by atoms with Gasteiger partial charge in [-0.25, -0.2) is 4.98 Å². The minimum Gasteiger partial charge on any atom is -0.361 e. The summed E-state index contributed by atoms with van der Waals surface area (Å²) in [7, 11) is -1.05. The van der Waals surface area contributed by atoms with Crippen LogP contribution in [0, 0.1) is 13.8 Å². The lowest BCUT2D eigenvalue weighted by atomic mass is 10.0. The van der Waals surface area contributed by atoms with Crippen molar-refractivity contribution in [2.24, 2.45) is 0 Å². The second kappa shape index (κ2) is 6.53. The van der Waals surface area contributed by atoms with Gasteiger partial charge in [0, 0.05) is 49.3 Å². The molecule has 3 rings (SSSR count). The van der Waals surface area contributed by atoms with Crippen molar-refractivity contribution in [2.45, 2.75) is 46.3 Å². The highest BCUT2D eigenvalue weighted by molar-refractivity contribution is 6.76. The van der Waals surface area contributed by atoms with Crippen molar-refractivity contribution < 1.29 is 4.74 Å². The average Bonchev–Trinajstić information content (AvgIpc) is 3.09. The molecule has 24 heavy (non-hydrogen) atoms. The maximum atomic E-state index is 5.89. The third kappa shape index (κ3) is 3.44. The monoisotopic (exact) mass is 342 g/mol. The molecule has 1 N–H and O–H groups in total. The second-order valence-electron chi connectivity index (χ2n) is 7.60. The molecule has 0 aliphatic carbocycles. The molecule has 3 aromatic heterocycles. The van der Waals surface area contributed by atoms with Gasteiger partial charge in [-0.15, -0.1) is 0 Å². The van der Waals surface area contributed by atoms with Crippen LogP contribution in [0.15, 0.2) is 24.7 Å². The first kappa shape index (κ1) is 16.9. The molecule has 0 aliphatic heterocycles. The average molecular weight is 343 g/mol. The fourth-order valence-electron chi connectivity index (χ4n) is 2.84. The number of hydrogen-bond donors (Lipinski definition) is 1. The minimum absolute atomic E-state index is 0.549. The van der Waals surface area contributed by atoms with Crippen LogP contribution in [0.3, 0.4) is 0 Å². The Balaban J connectivity index is 1.87. The van der Waals surface area contributed by atoms with Crippen LogP contribution in [0.25, 0.3) is 22.2 Å². The number of hydrogen-bond acceptors (Lipinski definition) is 3. The van der Waals surface area contributed by atoms with Gasteiger partial charge in [0.05, 0.1) is 6.20 Å². The zero-order valence-electron chi connectivity index (χ0n) is 15.2. The van der Waals surface area contributed by atoms with Gasteiger partial charge in [0.25, 0.3) is 0 Å². The number of rotatable bonds is 6. The van der Waals surface area contributed by atoms with Crippen LogP contribution in [-0.2, 0) is 11.5 Å². The Kier molecular flexibility index (Phi) is 4.60. The molecule has 3 aromatic rings. The van der Waals surface area contributed by atoms with Gasteiger partial charge in [0.2, 0.25) is 0 Å². The molecule has 0 saturated heterocycles. The van der Waals surface area contributed by atoms with Crippen molar-refractivity contribution in [3.05, 3.63) is 35.9 Å². The number of fused-ring (bicyclic) bond motifs is 1. The van der Waals surface area contributed by atoms with Gasteiger partial charge in [0.15, 0.2) is 0 Å². The van der Waals surface area contributed by atoms with E-state index in [-0.39, 0.29) is 0 Å². The van der Waals surface area contributed by atoms with Crippen molar-refractivity contribution in [3.63, 3.8) is 0 Å². The van der Waals surface area contributed by atoms with E-state index in [1.165, 1.54) is 11.6 Å². The van der Waals surface area contributed by atoms with Gasteiger partial charge in [-0.2, -0.15) is 5.10 Å². The standard InChI is InChI=1S/C18H26N4OSi/c1-13-10-19-18-15(17(13)16-11-20-21-14(16)2)6-7-22(18)12-23-8-9-24(3,4)5/h6-7,10-11H,8-9,12H2,1-5H3,(H,20,21). The number of nitrogens with one attached hydrogen (secondary N) is 1. The molecule has 3 heterocycles. The Morgan fingerprint density at radius 3 is 2.67 bits per heavy atom. The van der Waals surface area contributed by atoms with E-state index in [0.29, 0.717) is 6.73 Å². The van der Waals surface area contributed by atoms with Crippen molar-refractivity contribution in [3.8, 4) is 11.1 Å². The van der Waals surface area contributed by atoms with Crippen molar-refractivity contribution in [1.82, 2.24) is 19.7 Å². The molecule has 0 bridgehead atoms. The quantitative estimate of drug-likeness (QED) is 0.535. The largest absolute Gasteiger partial charge is 0.361 e. The van der Waals surface area contributed by atoms with Crippen LogP contribution in [0.2, 0.25) is 25.7 Å². The molecule has 0 atom stereocenters. The Bertz CT molecular complexity index is 844. The predicted octanol–water partition coefficient (Wildman–Crippen LogP) is 4.36. The first-order valence-corrected chi connectivity index (χ1v) is 12.1. The Hall–Kier alpha value is -1.92. The summed E-state index contributed by atoms with van der Waals surface area (Å²) >= 11 is 0. The van der Waals surface area contributed by atoms with E-state index in [0.717, 1.165) is 34.5 Å². The summed E-state index contributed by atoms with van der Waals surface area (Å²) < 4.78 is 7.97. The second-order valence-corrected chi connectivity index (χ2v) is 13.2. The SMILES string of the molecule is Cc1cnc2c(ccn2COCC[Si](C)(C)C)c1-c1cn[nH]c1C. The van der Waals surface area contributed by atoms with Crippen LogP contribution in [0.4, 0.5) is 0 Å². The zero-order valence-corrected chi connectivity index (χ0v) is 16.2. The molecule has 0 amide bonds. The van der Waals surface area contributed by atoms with Crippen molar-refractivity contribution in [1.29, 1.82) is 0 Å². The maximum absolute atomic E-state index is 5.89. The van der Waals surface area contributed by atoms with Crippen LogP contribution >= 0.6 is 0 Å². The summed E-state index contributed by atoms with van der Waals surface area (Å²) in [5.41, 5.74) is 5.53. The van der Waals surface area contributed by atoms with Crippen LogP contribution in [0.1, 0.15) is 11.3 Å². The number of pyridine rings is 1. The first-order chi connectivity index (χ1) is 11.4. The van der Waals surface area contributed by atoms with Gasteiger partial charge < -0.3 is 9.30 Å². The molecule has 0 aromatic carbocycles. The highest BCUT2D eigenvalue weighted by Crippen LogP contribution is 2.32. The number of ether oxygens (including phenoxy) is 1. The maximum Gasteiger partial charge on any atom is 0.142 e. The van der Waals surface area contributed by atoms with Gasteiger partial charge in [-0.3, -0.25) is 5.10 Å². The molecule has 6 heteroatoms. The van der Waals surface area contributed by atoms with E-state index in [1.807, 2.05) is 19.3 Å². The van der Waals surface area contributed by atoms with Gasteiger partial charge in [-0.1, -0.05) is 19.6 Å². The fraction of sp³-hybridized carbons (Fsp3) is 0.444. The van der Waals surface area contributed by atoms with E-state index in [2.05, 4.69) is 58.6 Å². The molecule has 0 spiro atoms. The molecule has 0 aliphatic rings. The fourth-order valence-corrected chi connectivity index (χ4v) is 3.60. The lowest BCUT2D eigenvalue weighted by molar-refractivity contribution is 0.0899. The molecule has 0 saturated carbocycles. The molecular formula is C18H26N4OSi. The number of aromatic nitrogens is 4. The molecule has 5 nitrogen and oxygen atoms in total. The van der Waals surface area contributed by atoms with Gasteiger partial charge in [0.1, 0.15) is 12.4 Å². The smallest absolute Gasteiger partial charge is 0.142 e. The number of H-pyrrole nitrogens is 1. The van der Waals surface area contributed by atoms with E-state index in [4.69, 9.17) is 4.74 Å². The van der Waals surface area contributed by atoms with Crippen molar-refractivity contribution >= 4 is 19.1 Å². The Morgan fingerprint density at radius 1 is 1.21 bits per heavy atom. The van der Waals surface area contributed by atoms with Crippen molar-refractivity contribution in [2.75, 3.05) is 6.61 Å². The Morgan fingerprint density at radius 2 is 2.00 bits per heavy atom. The van der Waals surface area contributed by atoms with E-state index < -0.39 is 8.07 Å². The third-order valence-corrected chi connectivity index (χ3v) is 6.01. The highest BCUT2D eigenvalue weighted by Gasteiger charge is 2.15.